The molecule has 4 rings (SSSR count). The van der Waals surface area contributed by atoms with Crippen molar-refractivity contribution in [3.8, 4) is 11.5 Å². The van der Waals surface area contributed by atoms with Crippen molar-refractivity contribution < 1.29 is 14.0 Å². The van der Waals surface area contributed by atoms with Gasteiger partial charge in [0, 0.05) is 32.2 Å². The van der Waals surface area contributed by atoms with Crippen LogP contribution in [0, 0.1) is 0 Å². The van der Waals surface area contributed by atoms with Gasteiger partial charge in [0.2, 0.25) is 0 Å². The molecule has 32 heavy (non-hydrogen) atoms. The second kappa shape index (κ2) is 8.66. The first kappa shape index (κ1) is 21.3. The fourth-order valence-corrected chi connectivity index (χ4v) is 3.58. The average Bonchev–Trinajstić information content (AvgIpc) is 3.48. The molecule has 1 N–H and O–H groups in total. The number of amides is 2. The molecule has 0 saturated heterocycles. The number of hydrogen-bond donors (Lipinski definition) is 1. The number of carbonyl (C=O) groups is 2. The van der Waals surface area contributed by atoms with E-state index in [1.807, 2.05) is 32.0 Å². The van der Waals surface area contributed by atoms with Crippen molar-refractivity contribution >= 4 is 22.8 Å². The van der Waals surface area contributed by atoms with Crippen LogP contribution in [0.4, 0.5) is 0 Å². The van der Waals surface area contributed by atoms with Crippen LogP contribution >= 0.6 is 0 Å². The SMILES string of the molecule is CNC(=O)c1ccc(CN(C)C(=O)c2cc(-c3ccco3)nc3c2cnn3C(C)C)cc1. The van der Waals surface area contributed by atoms with Crippen LogP contribution in [0.3, 0.4) is 0 Å². The summed E-state index contributed by atoms with van der Waals surface area (Å²) in [5, 5.41) is 7.75. The average molecular weight is 431 g/mol. The number of fused-ring (bicyclic) bond motifs is 1. The molecule has 164 valence electrons. The molecule has 0 aliphatic carbocycles. The maximum Gasteiger partial charge on any atom is 0.254 e. The first-order valence-corrected chi connectivity index (χ1v) is 10.4. The number of furan rings is 1. The highest BCUT2D eigenvalue weighted by Crippen LogP contribution is 2.27. The molecule has 3 aromatic heterocycles. The number of benzene rings is 1. The predicted octanol–water partition coefficient (Wildman–Crippen LogP) is 3.90. The highest BCUT2D eigenvalue weighted by molar-refractivity contribution is 6.06. The Kier molecular flexibility index (Phi) is 5.77. The minimum Gasteiger partial charge on any atom is -0.463 e. The third-order valence-corrected chi connectivity index (χ3v) is 5.27. The summed E-state index contributed by atoms with van der Waals surface area (Å²) in [6.45, 7) is 4.43. The third-order valence-electron chi connectivity index (χ3n) is 5.27. The van der Waals surface area contributed by atoms with Gasteiger partial charge >= 0.3 is 0 Å². The van der Waals surface area contributed by atoms with Crippen molar-refractivity contribution in [2.45, 2.75) is 26.4 Å². The maximum absolute atomic E-state index is 13.5. The minimum absolute atomic E-state index is 0.0892. The number of aromatic nitrogens is 3. The fraction of sp³-hybridized carbons (Fsp3) is 0.250. The summed E-state index contributed by atoms with van der Waals surface area (Å²) in [5.41, 5.74) is 3.23. The molecule has 0 atom stereocenters. The van der Waals surface area contributed by atoms with Gasteiger partial charge in [0.15, 0.2) is 11.4 Å². The van der Waals surface area contributed by atoms with Gasteiger partial charge in [-0.1, -0.05) is 12.1 Å². The van der Waals surface area contributed by atoms with Crippen molar-refractivity contribution in [1.82, 2.24) is 25.0 Å². The van der Waals surface area contributed by atoms with Crippen molar-refractivity contribution in [2.75, 3.05) is 14.1 Å². The van der Waals surface area contributed by atoms with Gasteiger partial charge in [-0.05, 0) is 49.7 Å². The molecule has 0 radical (unpaired) electrons. The molecular weight excluding hydrogens is 406 g/mol. The lowest BCUT2D eigenvalue weighted by Crippen LogP contribution is -2.26. The summed E-state index contributed by atoms with van der Waals surface area (Å²) >= 11 is 0. The van der Waals surface area contributed by atoms with E-state index in [-0.39, 0.29) is 17.9 Å². The van der Waals surface area contributed by atoms with Gasteiger partial charge in [-0.2, -0.15) is 5.10 Å². The molecule has 0 fully saturated rings. The predicted molar refractivity (Wildman–Crippen MR) is 121 cm³/mol. The zero-order valence-electron chi connectivity index (χ0n) is 18.5. The number of hydrogen-bond acceptors (Lipinski definition) is 5. The zero-order valence-corrected chi connectivity index (χ0v) is 18.5. The summed E-state index contributed by atoms with van der Waals surface area (Å²) in [4.78, 5) is 31.6. The van der Waals surface area contributed by atoms with E-state index in [0.717, 1.165) is 5.56 Å². The van der Waals surface area contributed by atoms with Crippen molar-refractivity contribution in [3.63, 3.8) is 0 Å². The molecule has 0 spiro atoms. The monoisotopic (exact) mass is 431 g/mol. The van der Waals surface area contributed by atoms with Crippen LogP contribution in [0.25, 0.3) is 22.5 Å². The highest BCUT2D eigenvalue weighted by Gasteiger charge is 2.22. The lowest BCUT2D eigenvalue weighted by molar-refractivity contribution is 0.0786. The Labute approximate surface area is 185 Å². The van der Waals surface area contributed by atoms with Gasteiger partial charge in [-0.25, -0.2) is 9.67 Å². The van der Waals surface area contributed by atoms with Crippen molar-refractivity contribution in [3.05, 3.63) is 71.6 Å². The second-order valence-electron chi connectivity index (χ2n) is 7.89. The molecule has 0 aliphatic heterocycles. The Balaban J connectivity index is 1.68. The number of nitrogens with one attached hydrogen (secondary N) is 1. The molecule has 2 amide bonds. The molecular formula is C24H25N5O3. The molecule has 4 aromatic rings. The van der Waals surface area contributed by atoms with E-state index in [2.05, 4.69) is 10.4 Å². The van der Waals surface area contributed by atoms with Crippen LogP contribution in [0.1, 0.15) is 46.2 Å². The van der Waals surface area contributed by atoms with E-state index in [4.69, 9.17) is 9.40 Å². The standard InChI is InChI=1S/C24H25N5O3/c1-15(2)29-22-19(13-26-29)18(12-20(27-22)21-6-5-11-32-21)24(31)28(4)14-16-7-9-17(10-8-16)23(30)25-3/h5-13,15H,14H2,1-4H3,(H,25,30). The van der Waals surface area contributed by atoms with Gasteiger partial charge in [0.1, 0.15) is 5.69 Å². The van der Waals surface area contributed by atoms with Crippen LogP contribution in [0.5, 0.6) is 0 Å². The zero-order chi connectivity index (χ0) is 22.8. The number of pyridine rings is 1. The minimum atomic E-state index is -0.149. The molecule has 8 heteroatoms. The summed E-state index contributed by atoms with van der Waals surface area (Å²) in [6, 6.07) is 12.6. The summed E-state index contributed by atoms with van der Waals surface area (Å²) in [6.07, 6.45) is 3.27. The van der Waals surface area contributed by atoms with Crippen molar-refractivity contribution in [1.29, 1.82) is 0 Å². The van der Waals surface area contributed by atoms with Crippen LogP contribution in [-0.4, -0.2) is 45.6 Å². The quantitative estimate of drug-likeness (QED) is 0.500. The van der Waals surface area contributed by atoms with Gasteiger partial charge in [-0.3, -0.25) is 9.59 Å². The lowest BCUT2D eigenvalue weighted by atomic mass is 10.1. The van der Waals surface area contributed by atoms with E-state index >= 15 is 0 Å². The molecule has 3 heterocycles. The van der Waals surface area contributed by atoms with Crippen molar-refractivity contribution in [2.24, 2.45) is 0 Å². The summed E-state index contributed by atoms with van der Waals surface area (Å²) in [5.74, 6) is 0.293. The molecule has 1 aromatic carbocycles. The molecule has 0 aliphatic rings. The highest BCUT2D eigenvalue weighted by atomic mass is 16.3. The maximum atomic E-state index is 13.5. The van der Waals surface area contributed by atoms with E-state index in [9.17, 15) is 9.59 Å². The Hall–Kier alpha value is -3.94. The van der Waals surface area contributed by atoms with E-state index in [1.165, 1.54) is 0 Å². The second-order valence-corrected chi connectivity index (χ2v) is 7.89. The Morgan fingerprint density at radius 3 is 2.56 bits per heavy atom. The van der Waals surface area contributed by atoms with E-state index < -0.39 is 0 Å². The number of nitrogens with zero attached hydrogens (tertiary/aromatic N) is 4. The summed E-state index contributed by atoms with van der Waals surface area (Å²) in [7, 11) is 3.34. The first-order chi connectivity index (χ1) is 15.4. The fourth-order valence-electron chi connectivity index (χ4n) is 3.58. The Morgan fingerprint density at radius 1 is 1.19 bits per heavy atom. The lowest BCUT2D eigenvalue weighted by Gasteiger charge is -2.18. The summed E-state index contributed by atoms with van der Waals surface area (Å²) < 4.78 is 7.33. The third kappa shape index (κ3) is 3.99. The normalized spacial score (nSPS) is 11.2. The van der Waals surface area contributed by atoms with Gasteiger partial charge in [-0.15, -0.1) is 0 Å². The largest absolute Gasteiger partial charge is 0.463 e. The van der Waals surface area contributed by atoms with Gasteiger partial charge in [0.25, 0.3) is 11.8 Å². The van der Waals surface area contributed by atoms with Crippen LogP contribution in [0.2, 0.25) is 0 Å². The van der Waals surface area contributed by atoms with Gasteiger partial charge in [0.05, 0.1) is 23.4 Å². The van der Waals surface area contributed by atoms with Crippen LogP contribution < -0.4 is 5.32 Å². The van der Waals surface area contributed by atoms with Crippen LogP contribution in [-0.2, 0) is 6.54 Å². The Bertz CT molecular complexity index is 1260. The Morgan fingerprint density at radius 2 is 1.94 bits per heavy atom. The molecule has 0 bridgehead atoms. The van der Waals surface area contributed by atoms with Gasteiger partial charge < -0.3 is 14.6 Å². The number of carbonyl (C=O) groups excluding carboxylic acids is 2. The molecule has 0 saturated carbocycles. The van der Waals surface area contributed by atoms with E-state index in [0.29, 0.717) is 40.2 Å². The van der Waals surface area contributed by atoms with E-state index in [1.54, 1.807) is 60.4 Å². The smallest absolute Gasteiger partial charge is 0.254 e. The molecule has 8 nitrogen and oxygen atoms in total. The topological polar surface area (TPSA) is 93.3 Å². The molecule has 0 unspecified atom stereocenters. The number of rotatable bonds is 6. The van der Waals surface area contributed by atoms with Crippen LogP contribution in [0.15, 0.2) is 59.3 Å². The first-order valence-electron chi connectivity index (χ1n) is 10.4.